The van der Waals surface area contributed by atoms with Gasteiger partial charge in [-0.2, -0.15) is 0 Å². The SMILES string of the molecule is CC(C(=O)c1c[nH]c2ccccc12)N(C)Cc1ccccc1Br. The van der Waals surface area contributed by atoms with Crippen molar-refractivity contribution in [3.63, 3.8) is 0 Å². The molecular formula is C19H19BrN2O. The maximum absolute atomic E-state index is 12.9. The van der Waals surface area contributed by atoms with E-state index in [2.05, 4.69) is 31.9 Å². The highest BCUT2D eigenvalue weighted by Gasteiger charge is 2.22. The summed E-state index contributed by atoms with van der Waals surface area (Å²) in [5.41, 5.74) is 2.93. The molecule has 0 saturated carbocycles. The van der Waals surface area contributed by atoms with Crippen LogP contribution < -0.4 is 0 Å². The molecule has 0 aliphatic heterocycles. The molecule has 0 radical (unpaired) electrons. The Bertz CT molecular complexity index is 840. The normalized spacial score (nSPS) is 12.7. The maximum Gasteiger partial charge on any atom is 0.181 e. The van der Waals surface area contributed by atoms with Crippen molar-refractivity contribution in [1.29, 1.82) is 0 Å². The number of rotatable bonds is 5. The highest BCUT2D eigenvalue weighted by Crippen LogP contribution is 2.22. The highest BCUT2D eigenvalue weighted by atomic mass is 79.9. The van der Waals surface area contributed by atoms with E-state index in [0.29, 0.717) is 0 Å². The van der Waals surface area contributed by atoms with Crippen molar-refractivity contribution in [2.75, 3.05) is 7.05 Å². The van der Waals surface area contributed by atoms with Gasteiger partial charge in [0, 0.05) is 33.7 Å². The number of carbonyl (C=O) groups excluding carboxylic acids is 1. The number of benzene rings is 2. The molecule has 2 aromatic carbocycles. The summed E-state index contributed by atoms with van der Waals surface area (Å²) in [5, 5.41) is 0.985. The second-order valence-electron chi connectivity index (χ2n) is 5.79. The molecule has 0 aliphatic rings. The number of likely N-dealkylation sites (N-methyl/N-ethyl adjacent to an activating group) is 1. The van der Waals surface area contributed by atoms with Gasteiger partial charge in [-0.3, -0.25) is 9.69 Å². The summed E-state index contributed by atoms with van der Waals surface area (Å²) in [4.78, 5) is 18.1. The number of fused-ring (bicyclic) bond motifs is 1. The Balaban J connectivity index is 1.80. The fourth-order valence-corrected chi connectivity index (χ4v) is 3.14. The molecule has 3 aromatic rings. The lowest BCUT2D eigenvalue weighted by molar-refractivity contribution is 0.0864. The van der Waals surface area contributed by atoms with Crippen LogP contribution in [0.25, 0.3) is 10.9 Å². The summed E-state index contributed by atoms with van der Waals surface area (Å²) in [7, 11) is 1.98. The van der Waals surface area contributed by atoms with Crippen molar-refractivity contribution in [1.82, 2.24) is 9.88 Å². The smallest absolute Gasteiger partial charge is 0.181 e. The summed E-state index contributed by atoms with van der Waals surface area (Å²) in [6.07, 6.45) is 1.82. The van der Waals surface area contributed by atoms with Gasteiger partial charge in [-0.25, -0.2) is 0 Å². The van der Waals surface area contributed by atoms with Crippen molar-refractivity contribution < 1.29 is 4.79 Å². The number of aromatic nitrogens is 1. The van der Waals surface area contributed by atoms with Gasteiger partial charge in [-0.15, -0.1) is 0 Å². The van der Waals surface area contributed by atoms with Crippen LogP contribution in [0.5, 0.6) is 0 Å². The molecule has 0 bridgehead atoms. The van der Waals surface area contributed by atoms with Crippen LogP contribution in [-0.2, 0) is 6.54 Å². The first kappa shape index (κ1) is 16.0. The molecule has 0 saturated heterocycles. The van der Waals surface area contributed by atoms with E-state index in [4.69, 9.17) is 0 Å². The number of para-hydroxylation sites is 1. The van der Waals surface area contributed by atoms with E-state index in [1.54, 1.807) is 0 Å². The highest BCUT2D eigenvalue weighted by molar-refractivity contribution is 9.10. The van der Waals surface area contributed by atoms with Crippen LogP contribution in [0.3, 0.4) is 0 Å². The minimum absolute atomic E-state index is 0.136. The zero-order valence-electron chi connectivity index (χ0n) is 13.2. The number of nitrogens with one attached hydrogen (secondary N) is 1. The Kier molecular flexibility index (Phi) is 4.64. The molecular weight excluding hydrogens is 352 g/mol. The molecule has 1 aromatic heterocycles. The van der Waals surface area contributed by atoms with Gasteiger partial charge in [0.15, 0.2) is 5.78 Å². The fraction of sp³-hybridized carbons (Fsp3) is 0.211. The first-order valence-corrected chi connectivity index (χ1v) is 8.41. The van der Waals surface area contributed by atoms with Crippen LogP contribution in [-0.4, -0.2) is 28.8 Å². The van der Waals surface area contributed by atoms with Crippen LogP contribution in [0.15, 0.2) is 59.2 Å². The Hall–Kier alpha value is -1.91. The first-order chi connectivity index (χ1) is 11.1. The molecule has 1 atom stereocenters. The largest absolute Gasteiger partial charge is 0.360 e. The number of aromatic amines is 1. The zero-order valence-corrected chi connectivity index (χ0v) is 14.8. The summed E-state index contributed by atoms with van der Waals surface area (Å²) in [6, 6.07) is 15.8. The standard InChI is InChI=1S/C19H19BrN2O/c1-13(22(2)12-14-7-3-5-9-17(14)20)19(23)16-11-21-18-10-6-4-8-15(16)18/h3-11,13,21H,12H2,1-2H3. The van der Waals surface area contributed by atoms with Gasteiger partial charge in [-0.1, -0.05) is 52.3 Å². The molecule has 23 heavy (non-hydrogen) atoms. The molecule has 0 fully saturated rings. The predicted octanol–water partition coefficient (Wildman–Crippen LogP) is 4.63. The zero-order chi connectivity index (χ0) is 16.4. The van der Waals surface area contributed by atoms with Crippen LogP contribution in [0, 0.1) is 0 Å². The van der Waals surface area contributed by atoms with E-state index in [-0.39, 0.29) is 11.8 Å². The first-order valence-electron chi connectivity index (χ1n) is 7.62. The number of H-pyrrole nitrogens is 1. The topological polar surface area (TPSA) is 36.1 Å². The second kappa shape index (κ2) is 6.69. The summed E-state index contributed by atoms with van der Waals surface area (Å²) >= 11 is 3.57. The molecule has 0 spiro atoms. The maximum atomic E-state index is 12.9. The third kappa shape index (κ3) is 3.23. The molecule has 3 nitrogen and oxygen atoms in total. The minimum atomic E-state index is -0.193. The molecule has 0 amide bonds. The van der Waals surface area contributed by atoms with Crippen LogP contribution in [0.2, 0.25) is 0 Å². The lowest BCUT2D eigenvalue weighted by Crippen LogP contribution is -2.35. The molecule has 0 aliphatic carbocycles. The lowest BCUT2D eigenvalue weighted by atomic mass is 10.0. The summed E-state index contributed by atoms with van der Waals surface area (Å²) < 4.78 is 1.07. The van der Waals surface area contributed by atoms with Crippen LogP contribution >= 0.6 is 15.9 Å². The van der Waals surface area contributed by atoms with Gasteiger partial charge in [0.2, 0.25) is 0 Å². The molecule has 1 unspecified atom stereocenters. The van der Waals surface area contributed by atoms with Crippen LogP contribution in [0.1, 0.15) is 22.8 Å². The van der Waals surface area contributed by atoms with E-state index < -0.39 is 0 Å². The van der Waals surface area contributed by atoms with Gasteiger partial charge in [0.1, 0.15) is 0 Å². The number of hydrogen-bond donors (Lipinski definition) is 1. The number of Topliss-reactive ketones (excluding diaryl/α,β-unsaturated/α-hetero) is 1. The lowest BCUT2D eigenvalue weighted by Gasteiger charge is -2.24. The van der Waals surface area contributed by atoms with E-state index in [0.717, 1.165) is 27.5 Å². The Morgan fingerprint density at radius 3 is 2.65 bits per heavy atom. The van der Waals surface area contributed by atoms with Gasteiger partial charge in [-0.05, 0) is 31.7 Å². The predicted molar refractivity (Wildman–Crippen MR) is 97.7 cm³/mol. The average molecular weight is 371 g/mol. The van der Waals surface area contributed by atoms with Crippen molar-refractivity contribution >= 4 is 32.6 Å². The third-order valence-electron chi connectivity index (χ3n) is 4.27. The number of ketones is 1. The summed E-state index contributed by atoms with van der Waals surface area (Å²) in [5.74, 6) is 0.136. The van der Waals surface area contributed by atoms with Crippen LogP contribution in [0.4, 0.5) is 0 Å². The van der Waals surface area contributed by atoms with E-state index in [9.17, 15) is 4.79 Å². The summed E-state index contributed by atoms with van der Waals surface area (Å²) in [6.45, 7) is 2.68. The van der Waals surface area contributed by atoms with E-state index >= 15 is 0 Å². The Labute approximate surface area is 144 Å². The average Bonchev–Trinajstić information content (AvgIpc) is 2.99. The monoisotopic (exact) mass is 370 g/mol. The fourth-order valence-electron chi connectivity index (χ4n) is 2.73. The van der Waals surface area contributed by atoms with Gasteiger partial charge in [0.05, 0.1) is 6.04 Å². The van der Waals surface area contributed by atoms with Gasteiger partial charge < -0.3 is 4.98 Å². The number of nitrogens with zero attached hydrogens (tertiary/aromatic N) is 1. The number of halogens is 1. The van der Waals surface area contributed by atoms with Crippen molar-refractivity contribution in [3.05, 3.63) is 70.3 Å². The Morgan fingerprint density at radius 1 is 1.17 bits per heavy atom. The number of hydrogen-bond acceptors (Lipinski definition) is 2. The molecule has 118 valence electrons. The minimum Gasteiger partial charge on any atom is -0.360 e. The second-order valence-corrected chi connectivity index (χ2v) is 6.65. The molecule has 3 rings (SSSR count). The quantitative estimate of drug-likeness (QED) is 0.664. The van der Waals surface area contributed by atoms with Crippen molar-refractivity contribution in [3.8, 4) is 0 Å². The van der Waals surface area contributed by atoms with E-state index in [1.807, 2.05) is 62.6 Å². The van der Waals surface area contributed by atoms with Gasteiger partial charge in [0.25, 0.3) is 0 Å². The number of carbonyl (C=O) groups is 1. The van der Waals surface area contributed by atoms with Crippen molar-refractivity contribution in [2.24, 2.45) is 0 Å². The third-order valence-corrected chi connectivity index (χ3v) is 5.05. The Morgan fingerprint density at radius 2 is 1.87 bits per heavy atom. The van der Waals surface area contributed by atoms with Gasteiger partial charge >= 0.3 is 0 Å². The molecule has 1 heterocycles. The van der Waals surface area contributed by atoms with E-state index in [1.165, 1.54) is 5.56 Å². The molecule has 4 heteroatoms. The van der Waals surface area contributed by atoms with Crippen molar-refractivity contribution in [2.45, 2.75) is 19.5 Å². The molecule has 1 N–H and O–H groups in total.